The number of esters is 1. The fourth-order valence-corrected chi connectivity index (χ4v) is 2.28. The largest absolute Gasteiger partial charge is 0.465 e. The van der Waals surface area contributed by atoms with Gasteiger partial charge in [-0.05, 0) is 34.6 Å². The molecule has 88 valence electrons. The van der Waals surface area contributed by atoms with Crippen LogP contribution >= 0.6 is 0 Å². The summed E-state index contributed by atoms with van der Waals surface area (Å²) in [5.41, 5.74) is 4.02. The molecule has 0 bridgehead atoms. The Labute approximate surface area is 91.1 Å². The van der Waals surface area contributed by atoms with Crippen LogP contribution < -0.4 is 5.73 Å². The third kappa shape index (κ3) is 2.01. The molecule has 1 fully saturated rings. The topological polar surface area (TPSA) is 61.5 Å². The van der Waals surface area contributed by atoms with E-state index in [1.807, 2.05) is 27.7 Å². The monoisotopic (exact) mass is 215 g/mol. The molecule has 0 spiro atoms. The highest BCUT2D eigenvalue weighted by Gasteiger charge is 2.60. The lowest BCUT2D eigenvalue weighted by atomic mass is 9.80. The molecule has 4 heteroatoms. The van der Waals surface area contributed by atoms with Gasteiger partial charge in [0, 0.05) is 6.42 Å². The van der Waals surface area contributed by atoms with E-state index in [2.05, 4.69) is 0 Å². The zero-order chi connectivity index (χ0) is 11.9. The molecule has 2 N–H and O–H groups in total. The van der Waals surface area contributed by atoms with Gasteiger partial charge in [0.2, 0.25) is 0 Å². The van der Waals surface area contributed by atoms with Crippen LogP contribution in [0.3, 0.4) is 0 Å². The maximum Gasteiger partial charge on any atom is 0.329 e. The van der Waals surface area contributed by atoms with Gasteiger partial charge >= 0.3 is 5.97 Å². The summed E-state index contributed by atoms with van der Waals surface area (Å²) in [6.45, 7) is 9.64. The third-order valence-corrected chi connectivity index (χ3v) is 2.95. The van der Waals surface area contributed by atoms with Gasteiger partial charge in [0.15, 0.2) is 0 Å². The molecule has 1 aliphatic heterocycles. The van der Waals surface area contributed by atoms with Crippen LogP contribution in [-0.4, -0.2) is 29.3 Å². The maximum atomic E-state index is 11.8. The second-order valence-electron chi connectivity index (χ2n) is 5.24. The Morgan fingerprint density at radius 1 is 1.40 bits per heavy atom. The van der Waals surface area contributed by atoms with Crippen molar-refractivity contribution in [2.24, 2.45) is 5.73 Å². The molecule has 1 heterocycles. The normalized spacial score (nSPS) is 32.7. The standard InChI is InChI=1S/C11H21NO3/c1-6-14-8(13)11(12)7-9(2,3)15-10(11,4)5/h6-7,12H2,1-5H3. The molecular formula is C11H21NO3. The van der Waals surface area contributed by atoms with Gasteiger partial charge in [0.25, 0.3) is 0 Å². The number of hydrogen-bond donors (Lipinski definition) is 1. The first-order valence-corrected chi connectivity index (χ1v) is 5.31. The molecule has 1 saturated heterocycles. The van der Waals surface area contributed by atoms with Crippen LogP contribution in [0, 0.1) is 0 Å². The summed E-state index contributed by atoms with van der Waals surface area (Å²) < 4.78 is 10.8. The molecule has 1 atom stereocenters. The molecular weight excluding hydrogens is 194 g/mol. The van der Waals surface area contributed by atoms with Crippen LogP contribution in [0.2, 0.25) is 0 Å². The molecule has 1 aliphatic rings. The summed E-state index contributed by atoms with van der Waals surface area (Å²) in [5, 5.41) is 0. The fourth-order valence-electron chi connectivity index (χ4n) is 2.28. The van der Waals surface area contributed by atoms with Crippen molar-refractivity contribution in [3.05, 3.63) is 0 Å². The number of rotatable bonds is 2. The third-order valence-electron chi connectivity index (χ3n) is 2.95. The Kier molecular flexibility index (Phi) is 2.87. The number of nitrogens with two attached hydrogens (primary N) is 1. The van der Waals surface area contributed by atoms with E-state index in [1.165, 1.54) is 0 Å². The van der Waals surface area contributed by atoms with Crippen molar-refractivity contribution < 1.29 is 14.3 Å². The van der Waals surface area contributed by atoms with E-state index >= 15 is 0 Å². The summed E-state index contributed by atoms with van der Waals surface area (Å²) in [4.78, 5) is 11.8. The first-order chi connectivity index (χ1) is 6.65. The van der Waals surface area contributed by atoms with Crippen molar-refractivity contribution in [1.82, 2.24) is 0 Å². The Morgan fingerprint density at radius 2 is 1.93 bits per heavy atom. The van der Waals surface area contributed by atoms with Crippen LogP contribution in [0.25, 0.3) is 0 Å². The van der Waals surface area contributed by atoms with E-state index in [4.69, 9.17) is 15.2 Å². The molecule has 1 unspecified atom stereocenters. The van der Waals surface area contributed by atoms with Crippen molar-refractivity contribution in [1.29, 1.82) is 0 Å². The second-order valence-corrected chi connectivity index (χ2v) is 5.24. The first-order valence-electron chi connectivity index (χ1n) is 5.31. The first kappa shape index (κ1) is 12.5. The van der Waals surface area contributed by atoms with Gasteiger partial charge < -0.3 is 15.2 Å². The smallest absolute Gasteiger partial charge is 0.329 e. The predicted octanol–water partition coefficient (Wildman–Crippen LogP) is 1.22. The van der Waals surface area contributed by atoms with Crippen molar-refractivity contribution in [2.75, 3.05) is 6.61 Å². The average molecular weight is 215 g/mol. The SMILES string of the molecule is CCOC(=O)C1(N)CC(C)(C)OC1(C)C. The lowest BCUT2D eigenvalue weighted by Gasteiger charge is -2.33. The van der Waals surface area contributed by atoms with Crippen molar-refractivity contribution in [3.63, 3.8) is 0 Å². The minimum atomic E-state index is -1.05. The van der Waals surface area contributed by atoms with Crippen LogP contribution in [0.15, 0.2) is 0 Å². The van der Waals surface area contributed by atoms with Crippen LogP contribution in [0.4, 0.5) is 0 Å². The minimum Gasteiger partial charge on any atom is -0.465 e. The highest BCUT2D eigenvalue weighted by atomic mass is 16.6. The minimum absolute atomic E-state index is 0.342. The van der Waals surface area contributed by atoms with Crippen LogP contribution in [0.5, 0.6) is 0 Å². The number of carbonyl (C=O) groups excluding carboxylic acids is 1. The molecule has 0 aromatic heterocycles. The van der Waals surface area contributed by atoms with Gasteiger partial charge in [-0.15, -0.1) is 0 Å². The molecule has 1 rings (SSSR count). The van der Waals surface area contributed by atoms with E-state index in [1.54, 1.807) is 6.92 Å². The zero-order valence-corrected chi connectivity index (χ0v) is 10.2. The van der Waals surface area contributed by atoms with E-state index in [0.717, 1.165) is 0 Å². The van der Waals surface area contributed by atoms with Gasteiger partial charge in [0.05, 0.1) is 17.8 Å². The fraction of sp³-hybridized carbons (Fsp3) is 0.909. The van der Waals surface area contributed by atoms with Gasteiger partial charge in [-0.2, -0.15) is 0 Å². The highest BCUT2D eigenvalue weighted by molar-refractivity contribution is 5.83. The lowest BCUT2D eigenvalue weighted by molar-refractivity contribution is -0.157. The Bertz CT molecular complexity index is 273. The van der Waals surface area contributed by atoms with E-state index in [9.17, 15) is 4.79 Å². The van der Waals surface area contributed by atoms with Gasteiger partial charge in [-0.3, -0.25) is 0 Å². The number of ether oxygens (including phenoxy) is 2. The van der Waals surface area contributed by atoms with Crippen molar-refractivity contribution in [2.45, 2.75) is 57.8 Å². The summed E-state index contributed by atoms with van der Waals surface area (Å²) >= 11 is 0. The Balaban J connectivity index is 2.97. The van der Waals surface area contributed by atoms with E-state index < -0.39 is 11.1 Å². The molecule has 0 amide bonds. The molecule has 0 radical (unpaired) electrons. The molecule has 0 saturated carbocycles. The Hall–Kier alpha value is -0.610. The predicted molar refractivity (Wildman–Crippen MR) is 57.4 cm³/mol. The summed E-state index contributed by atoms with van der Waals surface area (Å²) in [6, 6.07) is 0. The van der Waals surface area contributed by atoms with Gasteiger partial charge in [-0.1, -0.05) is 0 Å². The quantitative estimate of drug-likeness (QED) is 0.704. The highest BCUT2D eigenvalue weighted by Crippen LogP contribution is 2.43. The number of hydrogen-bond acceptors (Lipinski definition) is 4. The second kappa shape index (κ2) is 3.46. The lowest BCUT2D eigenvalue weighted by Crippen LogP contribution is -2.60. The Morgan fingerprint density at radius 3 is 2.27 bits per heavy atom. The number of carbonyl (C=O) groups is 1. The van der Waals surface area contributed by atoms with Crippen molar-refractivity contribution in [3.8, 4) is 0 Å². The van der Waals surface area contributed by atoms with Crippen molar-refractivity contribution >= 4 is 5.97 Å². The van der Waals surface area contributed by atoms with Crippen LogP contribution in [0.1, 0.15) is 41.0 Å². The maximum absolute atomic E-state index is 11.8. The molecule has 0 aromatic carbocycles. The van der Waals surface area contributed by atoms with Gasteiger partial charge in [-0.25, -0.2) is 4.79 Å². The molecule has 0 aromatic rings. The van der Waals surface area contributed by atoms with E-state index in [-0.39, 0.29) is 11.6 Å². The molecule has 4 nitrogen and oxygen atoms in total. The summed E-state index contributed by atoms with van der Waals surface area (Å²) in [6.07, 6.45) is 0.478. The molecule has 0 aliphatic carbocycles. The average Bonchev–Trinajstić information content (AvgIpc) is 2.17. The zero-order valence-electron chi connectivity index (χ0n) is 10.2. The van der Waals surface area contributed by atoms with Crippen LogP contribution in [-0.2, 0) is 14.3 Å². The summed E-state index contributed by atoms with van der Waals surface area (Å²) in [7, 11) is 0. The van der Waals surface area contributed by atoms with Gasteiger partial charge in [0.1, 0.15) is 5.54 Å². The van der Waals surface area contributed by atoms with E-state index in [0.29, 0.717) is 13.0 Å². The molecule has 15 heavy (non-hydrogen) atoms. The summed E-state index contributed by atoms with van der Waals surface area (Å²) in [5.74, 6) is -0.374.